The number of nitrogens with zero attached hydrogens (tertiary/aromatic N) is 1. The molecule has 106 valence electrons. The maximum atomic E-state index is 5.93. The summed E-state index contributed by atoms with van der Waals surface area (Å²) in [7, 11) is 0. The van der Waals surface area contributed by atoms with Crippen LogP contribution in [0.25, 0.3) is 0 Å². The van der Waals surface area contributed by atoms with Gasteiger partial charge in [-0.2, -0.15) is 0 Å². The van der Waals surface area contributed by atoms with Crippen LogP contribution in [0.4, 0.5) is 0 Å². The molecule has 2 rings (SSSR count). The van der Waals surface area contributed by atoms with E-state index in [2.05, 4.69) is 51.4 Å². The number of hydrogen-bond donors (Lipinski definition) is 1. The van der Waals surface area contributed by atoms with Crippen molar-refractivity contribution in [3.05, 3.63) is 63.3 Å². The minimum Gasteiger partial charge on any atom is -0.314 e. The van der Waals surface area contributed by atoms with Crippen LogP contribution in [0.2, 0.25) is 5.02 Å². The third kappa shape index (κ3) is 4.89. The Hall–Kier alpha value is -0.900. The molecule has 0 saturated carbocycles. The zero-order chi connectivity index (χ0) is 14.4. The molecule has 1 aromatic heterocycles. The molecule has 0 amide bonds. The third-order valence-electron chi connectivity index (χ3n) is 3.13. The molecule has 1 heterocycles. The van der Waals surface area contributed by atoms with E-state index in [0.29, 0.717) is 6.04 Å². The molecule has 0 aliphatic heterocycles. The molecular formula is C16H18BrClN2. The Bertz CT molecular complexity index is 542. The molecule has 4 heteroatoms. The molecule has 0 fully saturated rings. The monoisotopic (exact) mass is 352 g/mol. The van der Waals surface area contributed by atoms with Gasteiger partial charge in [-0.15, -0.1) is 0 Å². The predicted octanol–water partition coefficient (Wildman–Crippen LogP) is 4.26. The SMILES string of the molecule is CCNC(Cc1ccc(Cl)cc1)Cc1cncc(Br)c1. The van der Waals surface area contributed by atoms with Crippen molar-refractivity contribution < 1.29 is 0 Å². The van der Waals surface area contributed by atoms with Crippen LogP contribution in [-0.4, -0.2) is 17.6 Å². The maximum absolute atomic E-state index is 5.93. The Morgan fingerprint density at radius 2 is 1.85 bits per heavy atom. The van der Waals surface area contributed by atoms with Gasteiger partial charge in [0.05, 0.1) is 0 Å². The summed E-state index contributed by atoms with van der Waals surface area (Å²) < 4.78 is 1.02. The van der Waals surface area contributed by atoms with Gasteiger partial charge in [0.1, 0.15) is 0 Å². The molecule has 1 atom stereocenters. The molecule has 1 aromatic carbocycles. The summed E-state index contributed by atoms with van der Waals surface area (Å²) in [5, 5.41) is 4.32. The summed E-state index contributed by atoms with van der Waals surface area (Å²) in [4.78, 5) is 4.22. The van der Waals surface area contributed by atoms with E-state index in [1.165, 1.54) is 11.1 Å². The first-order valence-electron chi connectivity index (χ1n) is 6.74. The van der Waals surface area contributed by atoms with Gasteiger partial charge in [0.2, 0.25) is 0 Å². The van der Waals surface area contributed by atoms with Gasteiger partial charge >= 0.3 is 0 Å². The van der Waals surface area contributed by atoms with Gasteiger partial charge in [-0.3, -0.25) is 4.98 Å². The van der Waals surface area contributed by atoms with Gasteiger partial charge < -0.3 is 5.32 Å². The van der Waals surface area contributed by atoms with Crippen molar-refractivity contribution in [1.29, 1.82) is 0 Å². The van der Waals surface area contributed by atoms with E-state index in [1.807, 2.05) is 24.5 Å². The van der Waals surface area contributed by atoms with Crippen LogP contribution in [0.1, 0.15) is 18.1 Å². The van der Waals surface area contributed by atoms with Crippen LogP contribution < -0.4 is 5.32 Å². The van der Waals surface area contributed by atoms with Crippen LogP contribution in [0.5, 0.6) is 0 Å². The Labute approximate surface area is 133 Å². The fourth-order valence-electron chi connectivity index (χ4n) is 2.26. The minimum atomic E-state index is 0.400. The molecule has 0 bridgehead atoms. The largest absolute Gasteiger partial charge is 0.314 e. The summed E-state index contributed by atoms with van der Waals surface area (Å²) in [5.74, 6) is 0. The van der Waals surface area contributed by atoms with Crippen molar-refractivity contribution >= 4 is 27.5 Å². The normalized spacial score (nSPS) is 12.3. The molecule has 0 aliphatic rings. The summed E-state index contributed by atoms with van der Waals surface area (Å²) in [6.07, 6.45) is 5.68. The first kappa shape index (κ1) is 15.5. The topological polar surface area (TPSA) is 24.9 Å². The van der Waals surface area contributed by atoms with E-state index < -0.39 is 0 Å². The highest BCUT2D eigenvalue weighted by atomic mass is 79.9. The van der Waals surface area contributed by atoms with Crippen LogP contribution in [0.15, 0.2) is 47.2 Å². The Kier molecular flexibility index (Phi) is 6.02. The predicted molar refractivity (Wildman–Crippen MR) is 88.3 cm³/mol. The first-order valence-corrected chi connectivity index (χ1v) is 7.91. The quantitative estimate of drug-likeness (QED) is 0.839. The van der Waals surface area contributed by atoms with E-state index >= 15 is 0 Å². The number of likely N-dealkylation sites (N-methyl/N-ethyl adjacent to an activating group) is 1. The van der Waals surface area contributed by atoms with Gasteiger partial charge in [-0.05, 0) is 64.6 Å². The number of aromatic nitrogens is 1. The second-order valence-electron chi connectivity index (χ2n) is 4.80. The standard InChI is InChI=1S/C16H18BrClN2/c1-2-20-16(8-12-3-5-15(18)6-4-12)9-13-7-14(17)11-19-10-13/h3-7,10-11,16,20H,2,8-9H2,1H3. The molecule has 1 N–H and O–H groups in total. The molecule has 0 radical (unpaired) electrons. The lowest BCUT2D eigenvalue weighted by Gasteiger charge is -2.18. The second kappa shape index (κ2) is 7.77. The van der Waals surface area contributed by atoms with Crippen molar-refractivity contribution in [2.24, 2.45) is 0 Å². The Balaban J connectivity index is 2.05. The van der Waals surface area contributed by atoms with Crippen molar-refractivity contribution in [3.63, 3.8) is 0 Å². The molecule has 0 saturated heterocycles. The maximum Gasteiger partial charge on any atom is 0.0410 e. The third-order valence-corrected chi connectivity index (χ3v) is 3.82. The fourth-order valence-corrected chi connectivity index (χ4v) is 2.80. The molecule has 2 aromatic rings. The summed E-state index contributed by atoms with van der Waals surface area (Å²) in [6, 6.07) is 10.6. The molecule has 20 heavy (non-hydrogen) atoms. The summed E-state index contributed by atoms with van der Waals surface area (Å²) >= 11 is 9.40. The minimum absolute atomic E-state index is 0.400. The molecular weight excluding hydrogens is 336 g/mol. The van der Waals surface area contributed by atoms with Gasteiger partial charge in [-0.1, -0.05) is 30.7 Å². The van der Waals surface area contributed by atoms with E-state index in [4.69, 9.17) is 11.6 Å². The van der Waals surface area contributed by atoms with Crippen LogP contribution >= 0.6 is 27.5 Å². The van der Waals surface area contributed by atoms with Crippen molar-refractivity contribution in [2.45, 2.75) is 25.8 Å². The average Bonchev–Trinajstić information content (AvgIpc) is 2.42. The number of halogens is 2. The lowest BCUT2D eigenvalue weighted by molar-refractivity contribution is 0.521. The van der Waals surface area contributed by atoms with E-state index in [0.717, 1.165) is 28.9 Å². The van der Waals surface area contributed by atoms with Gasteiger partial charge in [-0.25, -0.2) is 0 Å². The summed E-state index contributed by atoms with van der Waals surface area (Å²) in [5.41, 5.74) is 2.53. The smallest absolute Gasteiger partial charge is 0.0410 e. The number of nitrogens with one attached hydrogen (secondary N) is 1. The van der Waals surface area contributed by atoms with Gasteiger partial charge in [0.15, 0.2) is 0 Å². The number of rotatable bonds is 6. The Morgan fingerprint density at radius 1 is 1.15 bits per heavy atom. The van der Waals surface area contributed by atoms with Crippen LogP contribution in [-0.2, 0) is 12.8 Å². The van der Waals surface area contributed by atoms with Crippen molar-refractivity contribution in [2.75, 3.05) is 6.54 Å². The molecule has 2 nitrogen and oxygen atoms in total. The first-order chi connectivity index (χ1) is 9.67. The second-order valence-corrected chi connectivity index (χ2v) is 6.15. The van der Waals surface area contributed by atoms with Crippen molar-refractivity contribution in [3.8, 4) is 0 Å². The van der Waals surface area contributed by atoms with Gasteiger partial charge in [0.25, 0.3) is 0 Å². The zero-order valence-electron chi connectivity index (χ0n) is 11.4. The lowest BCUT2D eigenvalue weighted by Crippen LogP contribution is -2.33. The lowest BCUT2D eigenvalue weighted by atomic mass is 10.00. The van der Waals surface area contributed by atoms with Crippen LogP contribution in [0.3, 0.4) is 0 Å². The fraction of sp³-hybridized carbons (Fsp3) is 0.312. The zero-order valence-corrected chi connectivity index (χ0v) is 13.8. The highest BCUT2D eigenvalue weighted by molar-refractivity contribution is 9.10. The number of pyridine rings is 1. The van der Waals surface area contributed by atoms with E-state index in [9.17, 15) is 0 Å². The van der Waals surface area contributed by atoms with Gasteiger partial charge in [0, 0.05) is 27.9 Å². The molecule has 0 spiro atoms. The summed E-state index contributed by atoms with van der Waals surface area (Å²) in [6.45, 7) is 3.09. The number of hydrogen-bond acceptors (Lipinski definition) is 2. The molecule has 0 aliphatic carbocycles. The van der Waals surface area contributed by atoms with E-state index in [-0.39, 0.29) is 0 Å². The Morgan fingerprint density at radius 3 is 2.50 bits per heavy atom. The van der Waals surface area contributed by atoms with Crippen LogP contribution in [0, 0.1) is 0 Å². The number of benzene rings is 1. The highest BCUT2D eigenvalue weighted by Gasteiger charge is 2.10. The van der Waals surface area contributed by atoms with E-state index in [1.54, 1.807) is 0 Å². The van der Waals surface area contributed by atoms with Crippen molar-refractivity contribution in [1.82, 2.24) is 10.3 Å². The highest BCUT2D eigenvalue weighted by Crippen LogP contribution is 2.15. The molecule has 1 unspecified atom stereocenters. The average molecular weight is 354 g/mol.